The number of aldehydes is 1. The van der Waals surface area contributed by atoms with Crippen LogP contribution in [-0.4, -0.2) is 28.1 Å². The molecule has 0 bridgehead atoms. The zero-order valence-electron chi connectivity index (χ0n) is 7.44. The number of hydrogen-bond acceptors (Lipinski definition) is 5. The van der Waals surface area contributed by atoms with Crippen molar-refractivity contribution in [2.45, 2.75) is 13.5 Å². The largest absolute Gasteiger partial charge is 0.367 e. The van der Waals surface area contributed by atoms with E-state index in [0.29, 0.717) is 12.1 Å². The van der Waals surface area contributed by atoms with E-state index in [-0.39, 0.29) is 17.9 Å². The van der Waals surface area contributed by atoms with Crippen LogP contribution < -0.4 is 10.9 Å². The van der Waals surface area contributed by atoms with Gasteiger partial charge in [0, 0.05) is 7.05 Å². The van der Waals surface area contributed by atoms with Crippen LogP contribution in [0, 0.1) is 6.92 Å². The molecule has 0 amide bonds. The Balaban J connectivity index is 3.29. The van der Waals surface area contributed by atoms with Gasteiger partial charge >= 0.3 is 0 Å². The van der Waals surface area contributed by atoms with Crippen LogP contribution in [0.1, 0.15) is 5.82 Å². The van der Waals surface area contributed by atoms with Crippen molar-refractivity contribution in [3.05, 3.63) is 16.2 Å². The van der Waals surface area contributed by atoms with E-state index in [1.54, 1.807) is 14.0 Å². The molecule has 13 heavy (non-hydrogen) atoms. The molecule has 0 radical (unpaired) electrons. The number of carbonyl (C=O) groups is 1. The van der Waals surface area contributed by atoms with E-state index in [0.717, 1.165) is 0 Å². The first-order valence-corrected chi connectivity index (χ1v) is 3.76. The Hall–Kier alpha value is -1.72. The monoisotopic (exact) mass is 182 g/mol. The van der Waals surface area contributed by atoms with Crippen molar-refractivity contribution in [2.24, 2.45) is 0 Å². The third-order valence-electron chi connectivity index (χ3n) is 1.63. The molecule has 70 valence electrons. The summed E-state index contributed by atoms with van der Waals surface area (Å²) >= 11 is 0. The van der Waals surface area contributed by atoms with Gasteiger partial charge in [-0.1, -0.05) is 0 Å². The van der Waals surface area contributed by atoms with Gasteiger partial charge in [0.15, 0.2) is 0 Å². The van der Waals surface area contributed by atoms with Crippen LogP contribution in [0.5, 0.6) is 0 Å². The van der Waals surface area contributed by atoms with Crippen LogP contribution in [0.15, 0.2) is 4.79 Å². The average Bonchev–Trinajstić information content (AvgIpc) is 2.12. The Morgan fingerprint density at radius 2 is 2.23 bits per heavy atom. The Morgan fingerprint density at radius 1 is 1.54 bits per heavy atom. The van der Waals surface area contributed by atoms with E-state index < -0.39 is 0 Å². The Bertz CT molecular complexity index is 371. The summed E-state index contributed by atoms with van der Waals surface area (Å²) in [6.07, 6.45) is 0.648. The molecule has 0 aromatic carbocycles. The number of nitrogens with zero attached hydrogens (tertiary/aromatic N) is 3. The molecule has 1 heterocycles. The molecule has 0 aliphatic rings. The van der Waals surface area contributed by atoms with E-state index in [9.17, 15) is 9.59 Å². The van der Waals surface area contributed by atoms with Gasteiger partial charge in [-0.3, -0.25) is 9.36 Å². The Morgan fingerprint density at radius 3 is 2.77 bits per heavy atom. The average molecular weight is 182 g/mol. The molecule has 0 aliphatic heterocycles. The van der Waals surface area contributed by atoms with E-state index in [4.69, 9.17) is 0 Å². The van der Waals surface area contributed by atoms with Crippen molar-refractivity contribution in [1.82, 2.24) is 14.8 Å². The lowest BCUT2D eigenvalue weighted by atomic mass is 10.5. The van der Waals surface area contributed by atoms with Crippen molar-refractivity contribution in [1.29, 1.82) is 0 Å². The lowest BCUT2D eigenvalue weighted by Gasteiger charge is -2.05. The minimum Gasteiger partial charge on any atom is -0.367 e. The molecule has 1 aromatic heterocycles. The summed E-state index contributed by atoms with van der Waals surface area (Å²) in [7, 11) is 1.58. The lowest BCUT2D eigenvalue weighted by Crippen LogP contribution is -2.27. The number of anilines is 1. The molecule has 0 unspecified atom stereocenters. The minimum absolute atomic E-state index is 0.00880. The molecule has 0 atom stereocenters. The molecule has 0 saturated carbocycles. The smallest absolute Gasteiger partial charge is 0.296 e. The van der Waals surface area contributed by atoms with Crippen molar-refractivity contribution in [3.8, 4) is 0 Å². The molecule has 1 aromatic rings. The highest BCUT2D eigenvalue weighted by Crippen LogP contribution is 1.92. The lowest BCUT2D eigenvalue weighted by molar-refractivity contribution is -0.108. The molecule has 0 saturated heterocycles. The van der Waals surface area contributed by atoms with Crippen LogP contribution in [0.4, 0.5) is 5.82 Å². The SMILES string of the molecule is CNc1nnc(C)n(CC=O)c1=O. The summed E-state index contributed by atoms with van der Waals surface area (Å²) in [6.45, 7) is 1.63. The highest BCUT2D eigenvalue weighted by atomic mass is 16.1. The normalized spacial score (nSPS) is 9.69. The summed E-state index contributed by atoms with van der Waals surface area (Å²) < 4.78 is 1.26. The third-order valence-corrected chi connectivity index (χ3v) is 1.63. The topological polar surface area (TPSA) is 76.9 Å². The highest BCUT2D eigenvalue weighted by molar-refractivity contribution is 5.49. The second kappa shape index (κ2) is 3.79. The van der Waals surface area contributed by atoms with Gasteiger partial charge in [-0.2, -0.15) is 0 Å². The fourth-order valence-electron chi connectivity index (χ4n) is 0.940. The molecule has 0 spiro atoms. The van der Waals surface area contributed by atoms with Crippen molar-refractivity contribution >= 4 is 12.1 Å². The maximum atomic E-state index is 11.4. The van der Waals surface area contributed by atoms with Gasteiger partial charge in [-0.15, -0.1) is 10.2 Å². The first-order chi connectivity index (χ1) is 6.20. The molecule has 1 N–H and O–H groups in total. The van der Waals surface area contributed by atoms with Gasteiger partial charge in [0.25, 0.3) is 5.56 Å². The van der Waals surface area contributed by atoms with Gasteiger partial charge in [-0.05, 0) is 6.92 Å². The third kappa shape index (κ3) is 1.71. The summed E-state index contributed by atoms with van der Waals surface area (Å²) in [4.78, 5) is 21.7. The summed E-state index contributed by atoms with van der Waals surface area (Å²) in [5, 5.41) is 9.95. The van der Waals surface area contributed by atoms with Crippen LogP contribution in [0.2, 0.25) is 0 Å². The highest BCUT2D eigenvalue weighted by Gasteiger charge is 2.06. The van der Waals surface area contributed by atoms with Crippen LogP contribution >= 0.6 is 0 Å². The predicted octanol–water partition coefficient (Wildman–Crippen LogP) is -0.813. The first kappa shape index (κ1) is 9.37. The Labute approximate surface area is 74.6 Å². The predicted molar refractivity (Wildman–Crippen MR) is 46.6 cm³/mol. The number of hydrogen-bond donors (Lipinski definition) is 1. The van der Waals surface area contributed by atoms with Gasteiger partial charge < -0.3 is 10.1 Å². The van der Waals surface area contributed by atoms with Gasteiger partial charge in [0.05, 0.1) is 6.54 Å². The quantitative estimate of drug-likeness (QED) is 0.618. The van der Waals surface area contributed by atoms with Crippen molar-refractivity contribution in [3.63, 3.8) is 0 Å². The van der Waals surface area contributed by atoms with Gasteiger partial charge in [-0.25, -0.2) is 0 Å². The number of aromatic nitrogens is 3. The standard InChI is InChI=1S/C7H10N4O2/c1-5-9-10-6(8-2)7(13)11(5)3-4-12/h4H,3H2,1-2H3,(H,8,10). The molecular weight excluding hydrogens is 172 g/mol. The molecular formula is C7H10N4O2. The van der Waals surface area contributed by atoms with Crippen LogP contribution in [-0.2, 0) is 11.3 Å². The van der Waals surface area contributed by atoms with Gasteiger partial charge in [0.1, 0.15) is 12.1 Å². The van der Waals surface area contributed by atoms with Crippen LogP contribution in [0.25, 0.3) is 0 Å². The summed E-state index contributed by atoms with van der Waals surface area (Å²) in [6, 6.07) is 0. The van der Waals surface area contributed by atoms with E-state index in [1.807, 2.05) is 0 Å². The molecule has 1 rings (SSSR count). The maximum Gasteiger partial charge on any atom is 0.296 e. The van der Waals surface area contributed by atoms with E-state index in [2.05, 4.69) is 15.5 Å². The zero-order chi connectivity index (χ0) is 9.84. The maximum absolute atomic E-state index is 11.4. The van der Waals surface area contributed by atoms with E-state index >= 15 is 0 Å². The Kier molecular flexibility index (Phi) is 2.73. The number of carbonyl (C=O) groups excluding carboxylic acids is 1. The van der Waals surface area contributed by atoms with Gasteiger partial charge in [0.2, 0.25) is 5.82 Å². The molecule has 6 heteroatoms. The summed E-state index contributed by atoms with van der Waals surface area (Å²) in [5.74, 6) is 0.573. The summed E-state index contributed by atoms with van der Waals surface area (Å²) in [5.41, 5.74) is -0.331. The van der Waals surface area contributed by atoms with Crippen molar-refractivity contribution < 1.29 is 4.79 Å². The molecule has 0 fully saturated rings. The number of nitrogens with one attached hydrogen (secondary N) is 1. The second-order valence-electron chi connectivity index (χ2n) is 2.43. The molecule has 6 nitrogen and oxygen atoms in total. The fourth-order valence-corrected chi connectivity index (χ4v) is 0.940. The molecule has 0 aliphatic carbocycles. The number of aryl methyl sites for hydroxylation is 1. The fraction of sp³-hybridized carbons (Fsp3) is 0.429. The number of rotatable bonds is 3. The van der Waals surface area contributed by atoms with Crippen LogP contribution in [0.3, 0.4) is 0 Å². The second-order valence-corrected chi connectivity index (χ2v) is 2.43. The first-order valence-electron chi connectivity index (χ1n) is 3.76. The van der Waals surface area contributed by atoms with Crippen molar-refractivity contribution in [2.75, 3.05) is 12.4 Å². The minimum atomic E-state index is -0.331. The zero-order valence-corrected chi connectivity index (χ0v) is 7.44. The van der Waals surface area contributed by atoms with E-state index in [1.165, 1.54) is 4.57 Å².